The monoisotopic (exact) mass is 297 g/mol. The third-order valence-electron chi connectivity index (χ3n) is 3.32. The first kappa shape index (κ1) is 17.2. The molecule has 0 bridgehead atoms. The predicted molar refractivity (Wildman–Crippen MR) is 82.5 cm³/mol. The molecule has 0 atom stereocenters. The maximum absolute atomic E-state index is 13.0. The average molecular weight is 297 g/mol. The predicted octanol–water partition coefficient (Wildman–Crippen LogP) is 1.25. The first-order chi connectivity index (χ1) is 9.82. The van der Waals surface area contributed by atoms with E-state index in [4.69, 9.17) is 17.2 Å². The number of carbonyl (C=O) groups excluding carboxylic acids is 1. The third-order valence-corrected chi connectivity index (χ3v) is 3.32. The summed E-state index contributed by atoms with van der Waals surface area (Å²) < 4.78 is 13.0. The highest BCUT2D eigenvalue weighted by Crippen LogP contribution is 2.19. The molecule has 118 valence electrons. The Morgan fingerprint density at radius 1 is 1.33 bits per heavy atom. The second kappa shape index (κ2) is 7.78. The summed E-state index contributed by atoms with van der Waals surface area (Å²) in [5, 5.41) is 0. The van der Waals surface area contributed by atoms with E-state index in [1.165, 1.54) is 37.0 Å². The molecule has 7 heteroatoms. The van der Waals surface area contributed by atoms with Crippen LogP contribution in [0.15, 0.2) is 6.07 Å². The van der Waals surface area contributed by atoms with E-state index in [1.54, 1.807) is 14.1 Å². The van der Waals surface area contributed by atoms with Crippen molar-refractivity contribution in [1.29, 1.82) is 0 Å². The van der Waals surface area contributed by atoms with Crippen LogP contribution in [0.1, 0.15) is 42.5 Å². The molecule has 1 saturated carbocycles. The van der Waals surface area contributed by atoms with Gasteiger partial charge in [0, 0.05) is 20.1 Å². The zero-order valence-corrected chi connectivity index (χ0v) is 12.6. The summed E-state index contributed by atoms with van der Waals surface area (Å²) in [7, 11) is 3.32. The van der Waals surface area contributed by atoms with Crippen molar-refractivity contribution >= 4 is 17.5 Å². The largest absolute Gasteiger partial charge is 0.381 e. The SMILES string of the molecule is CN(C)c1nc(N)c(F)cc1C(N)=O.NC1CCCCC1. The Hall–Kier alpha value is -1.89. The van der Waals surface area contributed by atoms with Crippen molar-refractivity contribution in [2.24, 2.45) is 11.5 Å². The number of rotatable bonds is 2. The number of anilines is 2. The van der Waals surface area contributed by atoms with E-state index in [-0.39, 0.29) is 17.2 Å². The summed E-state index contributed by atoms with van der Waals surface area (Å²) in [4.78, 5) is 16.2. The van der Waals surface area contributed by atoms with Crippen LogP contribution in [-0.4, -0.2) is 31.0 Å². The first-order valence-corrected chi connectivity index (χ1v) is 7.01. The standard InChI is InChI=1S/C8H11FN4O.C6H13N/c1-13(2)8-4(7(11)14)3-5(9)6(10)12-8;7-6-4-2-1-3-5-6/h3H,1-2H3,(H2,10,12)(H2,11,14);6H,1-5,7H2. The fourth-order valence-corrected chi connectivity index (χ4v) is 2.15. The number of hydrogen-bond acceptors (Lipinski definition) is 5. The molecule has 6 nitrogen and oxygen atoms in total. The Morgan fingerprint density at radius 3 is 2.29 bits per heavy atom. The fourth-order valence-electron chi connectivity index (χ4n) is 2.15. The maximum atomic E-state index is 13.0. The number of pyridine rings is 1. The van der Waals surface area contributed by atoms with Crippen LogP contribution in [0.5, 0.6) is 0 Å². The van der Waals surface area contributed by atoms with Gasteiger partial charge in [-0.2, -0.15) is 0 Å². The number of nitrogens with zero attached hydrogens (tertiary/aromatic N) is 2. The second-order valence-corrected chi connectivity index (χ2v) is 5.38. The molecule has 1 aliphatic carbocycles. The van der Waals surface area contributed by atoms with Crippen molar-refractivity contribution in [2.45, 2.75) is 38.1 Å². The van der Waals surface area contributed by atoms with Crippen molar-refractivity contribution in [1.82, 2.24) is 4.98 Å². The molecule has 1 heterocycles. The van der Waals surface area contributed by atoms with Crippen molar-refractivity contribution in [3.63, 3.8) is 0 Å². The molecule has 2 rings (SSSR count). The van der Waals surface area contributed by atoms with Crippen molar-refractivity contribution in [3.8, 4) is 0 Å². The minimum absolute atomic E-state index is 0.0155. The normalized spacial score (nSPS) is 15.0. The van der Waals surface area contributed by atoms with Crippen LogP contribution in [0.2, 0.25) is 0 Å². The Bertz CT molecular complexity index is 486. The summed E-state index contributed by atoms with van der Waals surface area (Å²) in [5.41, 5.74) is 16.0. The number of carbonyl (C=O) groups is 1. The number of nitrogen functional groups attached to an aromatic ring is 1. The van der Waals surface area contributed by atoms with Crippen LogP contribution in [0.4, 0.5) is 16.0 Å². The van der Waals surface area contributed by atoms with Crippen LogP contribution in [0.25, 0.3) is 0 Å². The van der Waals surface area contributed by atoms with Gasteiger partial charge in [0.15, 0.2) is 11.6 Å². The summed E-state index contributed by atoms with van der Waals surface area (Å²) in [5.74, 6) is -1.47. The number of amides is 1. The van der Waals surface area contributed by atoms with E-state index < -0.39 is 11.7 Å². The molecule has 1 aliphatic rings. The third kappa shape index (κ3) is 5.18. The molecule has 0 unspecified atom stereocenters. The van der Waals surface area contributed by atoms with Gasteiger partial charge in [0.2, 0.25) is 0 Å². The molecular weight excluding hydrogens is 273 g/mol. The molecule has 1 aromatic heterocycles. The summed E-state index contributed by atoms with van der Waals surface area (Å²) in [6.07, 6.45) is 6.66. The van der Waals surface area contributed by atoms with Gasteiger partial charge in [-0.25, -0.2) is 9.37 Å². The van der Waals surface area contributed by atoms with Gasteiger partial charge in [0.05, 0.1) is 5.56 Å². The van der Waals surface area contributed by atoms with Crippen molar-refractivity contribution in [3.05, 3.63) is 17.4 Å². The topological polar surface area (TPSA) is 111 Å². The summed E-state index contributed by atoms with van der Waals surface area (Å²) in [6.45, 7) is 0. The van der Waals surface area contributed by atoms with Crippen LogP contribution in [0, 0.1) is 5.82 Å². The molecule has 0 aliphatic heterocycles. The Balaban J connectivity index is 0.000000262. The van der Waals surface area contributed by atoms with Gasteiger partial charge >= 0.3 is 0 Å². The van der Waals surface area contributed by atoms with E-state index in [2.05, 4.69) is 4.98 Å². The number of hydrogen-bond donors (Lipinski definition) is 3. The van der Waals surface area contributed by atoms with Gasteiger partial charge < -0.3 is 22.1 Å². The van der Waals surface area contributed by atoms with Crippen molar-refractivity contribution in [2.75, 3.05) is 24.7 Å². The average Bonchev–Trinajstić information content (AvgIpc) is 2.42. The number of nitrogens with two attached hydrogens (primary N) is 3. The van der Waals surface area contributed by atoms with E-state index in [1.807, 2.05) is 0 Å². The van der Waals surface area contributed by atoms with Gasteiger partial charge in [-0.05, 0) is 18.9 Å². The van der Waals surface area contributed by atoms with Gasteiger partial charge in [-0.3, -0.25) is 4.79 Å². The van der Waals surface area contributed by atoms with Crippen LogP contribution in [0.3, 0.4) is 0 Å². The lowest BCUT2D eigenvalue weighted by atomic mass is 9.97. The van der Waals surface area contributed by atoms with E-state index in [0.29, 0.717) is 6.04 Å². The van der Waals surface area contributed by atoms with Crippen molar-refractivity contribution < 1.29 is 9.18 Å². The van der Waals surface area contributed by atoms with E-state index in [0.717, 1.165) is 6.07 Å². The highest BCUT2D eigenvalue weighted by atomic mass is 19.1. The van der Waals surface area contributed by atoms with Crippen LogP contribution >= 0.6 is 0 Å². The first-order valence-electron chi connectivity index (χ1n) is 7.01. The minimum Gasteiger partial charge on any atom is -0.381 e. The van der Waals surface area contributed by atoms with E-state index >= 15 is 0 Å². The number of primary amides is 1. The summed E-state index contributed by atoms with van der Waals surface area (Å²) in [6, 6.07) is 1.52. The lowest BCUT2D eigenvalue weighted by molar-refractivity contribution is 0.1000. The zero-order chi connectivity index (χ0) is 16.0. The minimum atomic E-state index is -0.746. The molecule has 1 amide bonds. The van der Waals surface area contributed by atoms with Gasteiger partial charge in [-0.15, -0.1) is 0 Å². The van der Waals surface area contributed by atoms with Gasteiger partial charge in [-0.1, -0.05) is 19.3 Å². The molecule has 0 radical (unpaired) electrons. The molecule has 6 N–H and O–H groups in total. The highest BCUT2D eigenvalue weighted by Gasteiger charge is 2.15. The lowest BCUT2D eigenvalue weighted by Gasteiger charge is -2.15. The number of aromatic nitrogens is 1. The zero-order valence-electron chi connectivity index (χ0n) is 12.6. The highest BCUT2D eigenvalue weighted by molar-refractivity contribution is 5.98. The molecular formula is C14H24FN5O. The maximum Gasteiger partial charge on any atom is 0.252 e. The molecule has 1 fully saturated rings. The lowest BCUT2D eigenvalue weighted by Crippen LogP contribution is -2.22. The van der Waals surface area contributed by atoms with Gasteiger partial charge in [0.25, 0.3) is 5.91 Å². The summed E-state index contributed by atoms with van der Waals surface area (Å²) >= 11 is 0. The van der Waals surface area contributed by atoms with Gasteiger partial charge in [0.1, 0.15) is 5.82 Å². The quantitative estimate of drug-likeness (QED) is 0.760. The Labute approximate surface area is 124 Å². The van der Waals surface area contributed by atoms with Crippen LogP contribution < -0.4 is 22.1 Å². The second-order valence-electron chi connectivity index (χ2n) is 5.38. The Kier molecular flexibility index (Phi) is 6.36. The molecule has 21 heavy (non-hydrogen) atoms. The Morgan fingerprint density at radius 2 is 1.90 bits per heavy atom. The van der Waals surface area contributed by atoms with Crippen LogP contribution in [-0.2, 0) is 0 Å². The number of halogens is 1. The molecule has 0 saturated heterocycles. The molecule has 0 aromatic carbocycles. The smallest absolute Gasteiger partial charge is 0.252 e. The molecule has 1 aromatic rings. The molecule has 0 spiro atoms. The fraction of sp³-hybridized carbons (Fsp3) is 0.571. The van der Waals surface area contributed by atoms with E-state index in [9.17, 15) is 9.18 Å².